The lowest BCUT2D eigenvalue weighted by Crippen LogP contribution is -2.01. The van der Waals surface area contributed by atoms with Gasteiger partial charge >= 0.3 is 0 Å². The molecule has 4 aliphatic rings. The van der Waals surface area contributed by atoms with E-state index in [1.165, 1.54) is 57.1 Å². The molecule has 4 bridgehead atoms. The molecule has 25 heavy (non-hydrogen) atoms. The van der Waals surface area contributed by atoms with Crippen molar-refractivity contribution in [3.8, 4) is 0 Å². The molecule has 8 rings (SSSR count). The molecular formula is C25H20. The second-order valence-corrected chi connectivity index (χ2v) is 8.60. The number of hydrogen-bond acceptors (Lipinski definition) is 0. The van der Waals surface area contributed by atoms with Crippen LogP contribution in [0.5, 0.6) is 0 Å². The topological polar surface area (TPSA) is 0 Å². The van der Waals surface area contributed by atoms with Crippen LogP contribution in [0.4, 0.5) is 0 Å². The summed E-state index contributed by atoms with van der Waals surface area (Å²) in [6.45, 7) is 0. The molecule has 0 amide bonds. The van der Waals surface area contributed by atoms with Gasteiger partial charge in [0.05, 0.1) is 0 Å². The van der Waals surface area contributed by atoms with E-state index in [4.69, 9.17) is 0 Å². The number of allylic oxidation sites excluding steroid dienone is 1. The van der Waals surface area contributed by atoms with E-state index in [0.29, 0.717) is 0 Å². The van der Waals surface area contributed by atoms with E-state index in [2.05, 4.69) is 60.7 Å². The summed E-state index contributed by atoms with van der Waals surface area (Å²) in [7, 11) is 0. The van der Waals surface area contributed by atoms with Crippen molar-refractivity contribution in [1.29, 1.82) is 0 Å². The highest BCUT2D eigenvalue weighted by atomic mass is 14.6. The Balaban J connectivity index is 1.54. The Morgan fingerprint density at radius 2 is 1.28 bits per heavy atom. The average Bonchev–Trinajstić information content (AvgIpc) is 3.39. The largest absolute Gasteiger partial charge is 0.0628 e. The van der Waals surface area contributed by atoms with Gasteiger partial charge in [-0.25, -0.2) is 0 Å². The molecule has 0 saturated heterocycles. The molecule has 0 aliphatic heterocycles. The summed E-state index contributed by atoms with van der Waals surface area (Å²) in [5.41, 5.74) is 3.23. The summed E-state index contributed by atoms with van der Waals surface area (Å²) < 4.78 is 0. The summed E-state index contributed by atoms with van der Waals surface area (Å²) in [6, 6.07) is 20.6. The molecule has 0 heteroatoms. The fourth-order valence-corrected chi connectivity index (χ4v) is 6.64. The van der Waals surface area contributed by atoms with Crippen LogP contribution >= 0.6 is 0 Å². The van der Waals surface area contributed by atoms with Crippen LogP contribution in [0.2, 0.25) is 0 Å². The van der Waals surface area contributed by atoms with Gasteiger partial charge in [-0.05, 0) is 80.8 Å². The van der Waals surface area contributed by atoms with Crippen molar-refractivity contribution in [1.82, 2.24) is 0 Å². The van der Waals surface area contributed by atoms with E-state index in [-0.39, 0.29) is 0 Å². The zero-order valence-electron chi connectivity index (χ0n) is 14.2. The Labute approximate surface area is 147 Å². The van der Waals surface area contributed by atoms with E-state index in [9.17, 15) is 0 Å². The van der Waals surface area contributed by atoms with Crippen molar-refractivity contribution in [3.63, 3.8) is 0 Å². The molecular weight excluding hydrogens is 300 g/mol. The number of hydrogen-bond donors (Lipinski definition) is 0. The second kappa shape index (κ2) is 4.25. The summed E-state index contributed by atoms with van der Waals surface area (Å²) in [4.78, 5) is 0. The highest BCUT2D eigenvalue weighted by molar-refractivity contribution is 6.24. The first-order chi connectivity index (χ1) is 12.4. The van der Waals surface area contributed by atoms with Crippen molar-refractivity contribution >= 4 is 38.4 Å². The van der Waals surface area contributed by atoms with Crippen LogP contribution in [0.25, 0.3) is 38.4 Å². The van der Waals surface area contributed by atoms with Gasteiger partial charge in [0.15, 0.2) is 0 Å². The van der Waals surface area contributed by atoms with E-state index in [1.54, 1.807) is 5.57 Å². The van der Waals surface area contributed by atoms with Gasteiger partial charge in [-0.1, -0.05) is 66.2 Å². The van der Waals surface area contributed by atoms with Gasteiger partial charge in [0, 0.05) is 0 Å². The monoisotopic (exact) mass is 320 g/mol. The van der Waals surface area contributed by atoms with Crippen molar-refractivity contribution in [2.24, 2.45) is 23.7 Å². The predicted octanol–water partition coefficient (Wildman–Crippen LogP) is 6.64. The molecule has 4 unspecified atom stereocenters. The zero-order valence-corrected chi connectivity index (χ0v) is 14.2. The molecule has 0 radical (unpaired) electrons. The van der Waals surface area contributed by atoms with Gasteiger partial charge in [-0.2, -0.15) is 0 Å². The van der Waals surface area contributed by atoms with Gasteiger partial charge in [0.2, 0.25) is 0 Å². The maximum Gasteiger partial charge on any atom is -0.00208 e. The first-order valence-corrected chi connectivity index (χ1v) is 9.75. The number of rotatable bonds is 1. The third-order valence-electron chi connectivity index (χ3n) is 7.60. The first kappa shape index (κ1) is 12.9. The molecule has 0 nitrogen and oxygen atoms in total. The lowest BCUT2D eigenvalue weighted by molar-refractivity contribution is 0.457. The minimum atomic E-state index is 0.911. The molecule has 4 aromatic rings. The van der Waals surface area contributed by atoms with Crippen molar-refractivity contribution < 1.29 is 0 Å². The zero-order chi connectivity index (χ0) is 16.1. The van der Waals surface area contributed by atoms with Gasteiger partial charge in [0.1, 0.15) is 0 Å². The molecule has 4 fully saturated rings. The van der Waals surface area contributed by atoms with Gasteiger partial charge in [-0.15, -0.1) is 0 Å². The summed E-state index contributed by atoms with van der Waals surface area (Å²) in [6.07, 6.45) is 7.06. The van der Waals surface area contributed by atoms with Crippen molar-refractivity contribution in [2.75, 3.05) is 0 Å². The van der Waals surface area contributed by atoms with Crippen LogP contribution in [-0.4, -0.2) is 0 Å². The average molecular weight is 320 g/mol. The second-order valence-electron chi connectivity index (χ2n) is 8.60. The van der Waals surface area contributed by atoms with Crippen LogP contribution in [0, 0.1) is 23.7 Å². The summed E-state index contributed by atoms with van der Waals surface area (Å²) in [5.74, 6) is 3.85. The van der Waals surface area contributed by atoms with E-state index in [1.807, 2.05) is 0 Å². The Kier molecular flexibility index (Phi) is 2.20. The first-order valence-electron chi connectivity index (χ1n) is 9.75. The molecule has 0 spiro atoms. The van der Waals surface area contributed by atoms with Gasteiger partial charge in [0.25, 0.3) is 0 Å². The lowest BCUT2D eigenvalue weighted by atomic mass is 9.89. The Morgan fingerprint density at radius 1 is 0.640 bits per heavy atom. The Bertz CT molecular complexity index is 1160. The molecule has 4 atom stereocenters. The lowest BCUT2D eigenvalue weighted by Gasteiger charge is -2.15. The molecule has 0 heterocycles. The van der Waals surface area contributed by atoms with Gasteiger partial charge in [-0.3, -0.25) is 0 Å². The maximum absolute atomic E-state index is 2.58. The smallest absolute Gasteiger partial charge is 0.00208 e. The molecule has 4 saturated carbocycles. The normalized spacial score (nSPS) is 29.8. The molecule has 120 valence electrons. The van der Waals surface area contributed by atoms with Crippen molar-refractivity contribution in [3.05, 3.63) is 65.7 Å². The number of benzene rings is 4. The molecule has 0 N–H and O–H groups in total. The Morgan fingerprint density at radius 3 is 2.00 bits per heavy atom. The third-order valence-corrected chi connectivity index (χ3v) is 7.60. The van der Waals surface area contributed by atoms with Crippen molar-refractivity contribution in [2.45, 2.75) is 19.3 Å². The fraction of sp³-hybridized carbons (Fsp3) is 0.280. The van der Waals surface area contributed by atoms with Crippen LogP contribution in [0.1, 0.15) is 24.8 Å². The van der Waals surface area contributed by atoms with Crippen LogP contribution in [0.15, 0.2) is 60.2 Å². The maximum atomic E-state index is 2.58. The minimum absolute atomic E-state index is 0.911. The predicted molar refractivity (Wildman–Crippen MR) is 106 cm³/mol. The van der Waals surface area contributed by atoms with E-state index >= 15 is 0 Å². The highest BCUT2D eigenvalue weighted by Crippen LogP contribution is 2.66. The molecule has 0 aromatic heterocycles. The van der Waals surface area contributed by atoms with E-state index in [0.717, 1.165) is 23.7 Å². The quantitative estimate of drug-likeness (QED) is 0.345. The van der Waals surface area contributed by atoms with E-state index < -0.39 is 0 Å². The SMILES string of the molecule is C(=C1C2CC3CC2CC13)c1ccc2ccc3cccc4ccc1c2c34. The van der Waals surface area contributed by atoms with Crippen LogP contribution in [0.3, 0.4) is 0 Å². The summed E-state index contributed by atoms with van der Waals surface area (Å²) in [5, 5.41) is 8.44. The fourth-order valence-electron chi connectivity index (χ4n) is 6.64. The standard InChI is InChI=1S/C25H20/c1-2-14-4-5-16-6-7-17(20-9-8-15(3-1)24(14)25(16)20)11-23-21-12-18-10-19(21)13-22(18)23/h1-9,11,18-19,21-22H,10,12-13H2. The molecule has 4 aliphatic carbocycles. The van der Waals surface area contributed by atoms with Crippen LogP contribution in [-0.2, 0) is 0 Å². The highest BCUT2D eigenvalue weighted by Gasteiger charge is 2.56. The molecule has 4 aromatic carbocycles. The third kappa shape index (κ3) is 1.50. The summed E-state index contributed by atoms with van der Waals surface area (Å²) >= 11 is 0. The van der Waals surface area contributed by atoms with Gasteiger partial charge < -0.3 is 0 Å². The van der Waals surface area contributed by atoms with Crippen LogP contribution < -0.4 is 0 Å². The minimum Gasteiger partial charge on any atom is -0.0628 e. The Hall–Kier alpha value is -2.34.